The molecule has 2 atom stereocenters. The summed E-state index contributed by atoms with van der Waals surface area (Å²) in [4.78, 5) is 2.61. The molecule has 1 aliphatic heterocycles. The predicted molar refractivity (Wildman–Crippen MR) is 62.3 cm³/mol. The van der Waals surface area contributed by atoms with Crippen molar-refractivity contribution in [2.45, 2.75) is 58.5 Å². The molecular formula is C12H26N2. The van der Waals surface area contributed by atoms with Gasteiger partial charge >= 0.3 is 0 Å². The van der Waals surface area contributed by atoms with E-state index < -0.39 is 0 Å². The maximum Gasteiger partial charge on any atom is 0.0221 e. The van der Waals surface area contributed by atoms with Crippen molar-refractivity contribution in [1.29, 1.82) is 0 Å². The van der Waals surface area contributed by atoms with Gasteiger partial charge in [0.15, 0.2) is 0 Å². The van der Waals surface area contributed by atoms with E-state index in [2.05, 4.69) is 25.7 Å². The van der Waals surface area contributed by atoms with Crippen LogP contribution in [0.1, 0.15) is 46.5 Å². The molecule has 14 heavy (non-hydrogen) atoms. The third kappa shape index (κ3) is 3.25. The lowest BCUT2D eigenvalue weighted by molar-refractivity contribution is 0.180. The van der Waals surface area contributed by atoms with Crippen LogP contribution in [0.5, 0.6) is 0 Å². The van der Waals surface area contributed by atoms with Crippen LogP contribution in [0.2, 0.25) is 0 Å². The molecule has 2 nitrogen and oxygen atoms in total. The Hall–Kier alpha value is -0.0800. The van der Waals surface area contributed by atoms with Crippen molar-refractivity contribution in [3.63, 3.8) is 0 Å². The number of rotatable bonds is 5. The van der Waals surface area contributed by atoms with Crippen LogP contribution in [-0.4, -0.2) is 30.1 Å². The normalized spacial score (nSPS) is 25.9. The van der Waals surface area contributed by atoms with Crippen molar-refractivity contribution in [2.75, 3.05) is 13.1 Å². The number of hydrogen-bond acceptors (Lipinski definition) is 2. The second-order valence-corrected chi connectivity index (χ2v) is 5.09. The van der Waals surface area contributed by atoms with Crippen molar-refractivity contribution in [3.8, 4) is 0 Å². The highest BCUT2D eigenvalue weighted by Gasteiger charge is 2.26. The van der Waals surface area contributed by atoms with E-state index in [-0.39, 0.29) is 0 Å². The fourth-order valence-corrected chi connectivity index (χ4v) is 2.43. The van der Waals surface area contributed by atoms with Gasteiger partial charge in [-0.3, -0.25) is 4.90 Å². The first-order valence-electron chi connectivity index (χ1n) is 6.11. The zero-order valence-electron chi connectivity index (χ0n) is 10.00. The van der Waals surface area contributed by atoms with Gasteiger partial charge in [0.05, 0.1) is 0 Å². The minimum absolute atomic E-state index is 0.664. The summed E-state index contributed by atoms with van der Waals surface area (Å²) in [6.07, 6.45) is 5.32. The molecule has 0 amide bonds. The largest absolute Gasteiger partial charge is 0.329 e. The molecule has 1 aliphatic rings. The van der Waals surface area contributed by atoms with Crippen molar-refractivity contribution >= 4 is 0 Å². The number of likely N-dealkylation sites (tertiary alicyclic amines) is 1. The van der Waals surface area contributed by atoms with E-state index in [0.29, 0.717) is 6.04 Å². The Balaban J connectivity index is 2.31. The topological polar surface area (TPSA) is 29.3 Å². The Morgan fingerprint density at radius 1 is 1.29 bits per heavy atom. The zero-order valence-corrected chi connectivity index (χ0v) is 10.00. The molecule has 2 unspecified atom stereocenters. The average Bonchev–Trinajstić information content (AvgIpc) is 2.61. The summed E-state index contributed by atoms with van der Waals surface area (Å²) in [6.45, 7) is 9.07. The second-order valence-electron chi connectivity index (χ2n) is 5.09. The molecule has 1 fully saturated rings. The van der Waals surface area contributed by atoms with Gasteiger partial charge in [0.2, 0.25) is 0 Å². The van der Waals surface area contributed by atoms with E-state index in [4.69, 9.17) is 5.73 Å². The van der Waals surface area contributed by atoms with Gasteiger partial charge in [-0.1, -0.05) is 13.8 Å². The molecule has 0 aromatic rings. The number of hydrogen-bond donors (Lipinski definition) is 1. The summed E-state index contributed by atoms with van der Waals surface area (Å²) in [5, 5.41) is 0. The number of nitrogens with two attached hydrogens (primary N) is 1. The van der Waals surface area contributed by atoms with E-state index >= 15 is 0 Å². The van der Waals surface area contributed by atoms with E-state index in [1.165, 1.54) is 32.2 Å². The molecule has 2 heteroatoms. The van der Waals surface area contributed by atoms with Crippen LogP contribution in [0.15, 0.2) is 0 Å². The Labute approximate surface area is 88.8 Å². The third-order valence-corrected chi connectivity index (χ3v) is 3.42. The zero-order chi connectivity index (χ0) is 10.6. The van der Waals surface area contributed by atoms with Gasteiger partial charge in [-0.25, -0.2) is 0 Å². The Morgan fingerprint density at radius 2 is 2.00 bits per heavy atom. The highest BCUT2D eigenvalue weighted by Crippen LogP contribution is 2.22. The van der Waals surface area contributed by atoms with Gasteiger partial charge < -0.3 is 5.73 Å². The van der Waals surface area contributed by atoms with Gasteiger partial charge in [-0.15, -0.1) is 0 Å². The van der Waals surface area contributed by atoms with E-state index in [1.807, 2.05) is 0 Å². The Morgan fingerprint density at radius 3 is 2.57 bits per heavy atom. The van der Waals surface area contributed by atoms with E-state index in [1.54, 1.807) is 0 Å². The van der Waals surface area contributed by atoms with Crippen molar-refractivity contribution in [1.82, 2.24) is 4.90 Å². The van der Waals surface area contributed by atoms with Crippen LogP contribution in [0, 0.1) is 5.92 Å². The lowest BCUT2D eigenvalue weighted by atomic mass is 10.0. The maximum atomic E-state index is 5.78. The minimum Gasteiger partial charge on any atom is -0.329 e. The molecular weight excluding hydrogens is 172 g/mol. The summed E-state index contributed by atoms with van der Waals surface area (Å²) >= 11 is 0. The molecule has 0 bridgehead atoms. The molecule has 1 heterocycles. The quantitative estimate of drug-likeness (QED) is 0.734. The molecule has 0 aromatic heterocycles. The molecule has 0 saturated carbocycles. The summed E-state index contributed by atoms with van der Waals surface area (Å²) in [7, 11) is 0. The highest BCUT2D eigenvalue weighted by atomic mass is 15.2. The molecule has 1 rings (SSSR count). The third-order valence-electron chi connectivity index (χ3n) is 3.42. The molecule has 0 aliphatic carbocycles. The van der Waals surface area contributed by atoms with Crippen LogP contribution in [0.25, 0.3) is 0 Å². The lowest BCUT2D eigenvalue weighted by Gasteiger charge is -2.30. The van der Waals surface area contributed by atoms with Gasteiger partial charge in [-0.05, 0) is 45.1 Å². The summed E-state index contributed by atoms with van der Waals surface area (Å²) in [5.41, 5.74) is 5.78. The van der Waals surface area contributed by atoms with Crippen LogP contribution in [0.4, 0.5) is 0 Å². The van der Waals surface area contributed by atoms with Gasteiger partial charge in [0, 0.05) is 18.6 Å². The van der Waals surface area contributed by atoms with Crippen molar-refractivity contribution in [3.05, 3.63) is 0 Å². The fraction of sp³-hybridized carbons (Fsp3) is 1.00. The smallest absolute Gasteiger partial charge is 0.0221 e. The first-order valence-corrected chi connectivity index (χ1v) is 6.11. The summed E-state index contributed by atoms with van der Waals surface area (Å²) < 4.78 is 0. The lowest BCUT2D eigenvalue weighted by Crippen LogP contribution is -2.41. The van der Waals surface area contributed by atoms with Crippen LogP contribution < -0.4 is 5.73 Å². The second kappa shape index (κ2) is 5.72. The SMILES string of the molecule is CC(C)CCC(C)N1CCCC1CN. The van der Waals surface area contributed by atoms with Crippen LogP contribution in [-0.2, 0) is 0 Å². The molecule has 0 radical (unpaired) electrons. The predicted octanol–water partition coefficient (Wildman–Crippen LogP) is 2.23. The monoisotopic (exact) mass is 198 g/mol. The summed E-state index contributed by atoms with van der Waals surface area (Å²) in [6, 6.07) is 1.39. The van der Waals surface area contributed by atoms with Gasteiger partial charge in [0.25, 0.3) is 0 Å². The van der Waals surface area contributed by atoms with Crippen LogP contribution in [0.3, 0.4) is 0 Å². The standard InChI is InChI=1S/C12H26N2/c1-10(2)6-7-11(3)14-8-4-5-12(14)9-13/h10-12H,4-9,13H2,1-3H3. The average molecular weight is 198 g/mol. The first kappa shape index (κ1) is 12.0. The van der Waals surface area contributed by atoms with Gasteiger partial charge in [0.1, 0.15) is 0 Å². The Bertz CT molecular complexity index is 156. The fourth-order valence-electron chi connectivity index (χ4n) is 2.43. The van der Waals surface area contributed by atoms with Crippen LogP contribution >= 0.6 is 0 Å². The molecule has 0 aromatic carbocycles. The first-order chi connectivity index (χ1) is 6.65. The molecule has 84 valence electrons. The highest BCUT2D eigenvalue weighted by molar-refractivity contribution is 4.83. The number of nitrogens with zero attached hydrogens (tertiary/aromatic N) is 1. The molecule has 2 N–H and O–H groups in total. The summed E-state index contributed by atoms with van der Waals surface area (Å²) in [5.74, 6) is 0.830. The molecule has 0 spiro atoms. The maximum absolute atomic E-state index is 5.78. The van der Waals surface area contributed by atoms with Crippen molar-refractivity contribution < 1.29 is 0 Å². The molecule has 1 saturated heterocycles. The Kier molecular flexibility index (Phi) is 4.90. The van der Waals surface area contributed by atoms with E-state index in [0.717, 1.165) is 18.5 Å². The van der Waals surface area contributed by atoms with Gasteiger partial charge in [-0.2, -0.15) is 0 Å². The minimum atomic E-state index is 0.664. The van der Waals surface area contributed by atoms with Crippen molar-refractivity contribution in [2.24, 2.45) is 11.7 Å². The van der Waals surface area contributed by atoms with E-state index in [9.17, 15) is 0 Å².